The van der Waals surface area contributed by atoms with Gasteiger partial charge in [-0.2, -0.15) is 0 Å². The van der Waals surface area contributed by atoms with Crippen LogP contribution in [0.4, 0.5) is 0 Å². The zero-order chi connectivity index (χ0) is 32.3. The molecular weight excluding hydrogens is 634 g/mol. The molecule has 5 aromatic rings. The van der Waals surface area contributed by atoms with E-state index in [2.05, 4.69) is 15.9 Å². The SMILES string of the molecule is Cn1c(=O)c2c(-c3ccccc3)n(CC(O)CO)cc2n(C)c1=O.Cn1c(CBr)c(C(=O)c2ccccc2)c(=O)n(C)c1=O. The van der Waals surface area contributed by atoms with Crippen LogP contribution in [-0.2, 0) is 40.1 Å². The van der Waals surface area contributed by atoms with E-state index < -0.39 is 23.0 Å². The van der Waals surface area contributed by atoms with E-state index in [1.54, 1.807) is 55.2 Å². The molecule has 0 saturated heterocycles. The first kappa shape index (κ1) is 32.3. The Hall–Kier alpha value is -4.59. The molecule has 0 saturated carbocycles. The van der Waals surface area contributed by atoms with Crippen molar-refractivity contribution in [1.82, 2.24) is 22.8 Å². The van der Waals surface area contributed by atoms with E-state index in [1.807, 2.05) is 30.3 Å². The Labute approximate surface area is 259 Å². The first-order valence-corrected chi connectivity index (χ1v) is 14.6. The minimum atomic E-state index is -0.963. The second kappa shape index (κ2) is 13.4. The van der Waals surface area contributed by atoms with Crippen molar-refractivity contribution in [3.8, 4) is 11.3 Å². The van der Waals surface area contributed by atoms with Crippen LogP contribution in [0, 0.1) is 0 Å². The molecule has 13 heteroatoms. The van der Waals surface area contributed by atoms with Crippen molar-refractivity contribution in [3.05, 3.63) is 125 Å². The number of aliphatic hydroxyl groups is 2. The highest BCUT2D eigenvalue weighted by Gasteiger charge is 2.22. The predicted molar refractivity (Wildman–Crippen MR) is 170 cm³/mol. The molecule has 0 aliphatic carbocycles. The number of ketones is 1. The number of aryl methyl sites for hydroxylation is 1. The van der Waals surface area contributed by atoms with Gasteiger partial charge in [-0.3, -0.25) is 32.7 Å². The number of carbonyl (C=O) groups excluding carboxylic acids is 1. The van der Waals surface area contributed by atoms with Crippen molar-refractivity contribution >= 4 is 32.6 Å². The first-order valence-electron chi connectivity index (χ1n) is 13.5. The number of alkyl halides is 1. The topological polar surface area (TPSA) is 150 Å². The average molecular weight is 667 g/mol. The van der Waals surface area contributed by atoms with E-state index in [9.17, 15) is 29.1 Å². The van der Waals surface area contributed by atoms with Gasteiger partial charge in [-0.25, -0.2) is 9.59 Å². The summed E-state index contributed by atoms with van der Waals surface area (Å²) < 4.78 is 6.45. The summed E-state index contributed by atoms with van der Waals surface area (Å²) in [6, 6.07) is 17.8. The van der Waals surface area contributed by atoms with E-state index in [0.29, 0.717) is 27.9 Å². The number of hydrogen-bond donors (Lipinski definition) is 2. The Morgan fingerprint density at radius 3 is 1.91 bits per heavy atom. The minimum Gasteiger partial charge on any atom is -0.394 e. The van der Waals surface area contributed by atoms with Crippen LogP contribution in [0.2, 0.25) is 0 Å². The number of carbonyl (C=O) groups is 1. The lowest BCUT2D eigenvalue weighted by Gasteiger charge is -2.12. The summed E-state index contributed by atoms with van der Waals surface area (Å²) >= 11 is 3.23. The third kappa shape index (κ3) is 5.94. The van der Waals surface area contributed by atoms with Crippen LogP contribution < -0.4 is 22.5 Å². The Bertz CT molecular complexity index is 2070. The summed E-state index contributed by atoms with van der Waals surface area (Å²) in [6.45, 7) is -0.271. The molecule has 0 fully saturated rings. The fourth-order valence-corrected chi connectivity index (χ4v) is 5.59. The molecular formula is C31H32BrN5O7. The maximum atomic E-state index is 12.7. The molecule has 0 radical (unpaired) electrons. The van der Waals surface area contributed by atoms with Crippen molar-refractivity contribution in [1.29, 1.82) is 0 Å². The van der Waals surface area contributed by atoms with Gasteiger partial charge in [0.1, 0.15) is 5.56 Å². The van der Waals surface area contributed by atoms with Crippen LogP contribution in [0.1, 0.15) is 21.6 Å². The maximum Gasteiger partial charge on any atom is 0.330 e. The molecule has 5 rings (SSSR count). The van der Waals surface area contributed by atoms with Gasteiger partial charge in [-0.15, -0.1) is 0 Å². The third-order valence-corrected chi connectivity index (χ3v) is 7.88. The Balaban J connectivity index is 0.000000204. The van der Waals surface area contributed by atoms with Crippen LogP contribution in [0.25, 0.3) is 22.2 Å². The van der Waals surface area contributed by atoms with E-state index >= 15 is 0 Å². The second-order valence-corrected chi connectivity index (χ2v) is 10.7. The monoisotopic (exact) mass is 665 g/mol. The minimum absolute atomic E-state index is 0.0256. The van der Waals surface area contributed by atoms with Gasteiger partial charge < -0.3 is 14.8 Å². The van der Waals surface area contributed by atoms with E-state index in [0.717, 1.165) is 14.7 Å². The Morgan fingerprint density at radius 2 is 1.34 bits per heavy atom. The predicted octanol–water partition coefficient (Wildman–Crippen LogP) is 1.27. The second-order valence-electron chi connectivity index (χ2n) is 10.2. The van der Waals surface area contributed by atoms with Crippen LogP contribution in [-0.4, -0.2) is 51.5 Å². The van der Waals surface area contributed by atoms with Crippen molar-refractivity contribution in [2.24, 2.45) is 28.2 Å². The molecule has 0 amide bonds. The van der Waals surface area contributed by atoms with Crippen molar-refractivity contribution in [3.63, 3.8) is 0 Å². The van der Waals surface area contributed by atoms with E-state index in [4.69, 9.17) is 5.11 Å². The fraction of sp³-hybridized carbons (Fsp3) is 0.258. The number of fused-ring (bicyclic) bond motifs is 1. The number of benzene rings is 2. The molecule has 1 atom stereocenters. The summed E-state index contributed by atoms with van der Waals surface area (Å²) in [5.74, 6) is -0.378. The summed E-state index contributed by atoms with van der Waals surface area (Å²) in [4.78, 5) is 61.5. The van der Waals surface area contributed by atoms with Gasteiger partial charge in [0, 0.05) is 51.0 Å². The molecule has 2 aromatic carbocycles. The number of nitrogens with zero attached hydrogens (tertiary/aromatic N) is 5. The van der Waals surface area contributed by atoms with Gasteiger partial charge in [0.05, 0.1) is 35.9 Å². The average Bonchev–Trinajstić information content (AvgIpc) is 3.43. The first-order chi connectivity index (χ1) is 20.9. The lowest BCUT2D eigenvalue weighted by Crippen LogP contribution is -2.42. The highest BCUT2D eigenvalue weighted by Crippen LogP contribution is 2.28. The smallest absolute Gasteiger partial charge is 0.330 e. The molecule has 3 heterocycles. The molecule has 3 aromatic heterocycles. The fourth-order valence-electron chi connectivity index (χ4n) is 4.93. The standard InChI is InChI=1S/C17H19N3O4.C14H13BrN2O3/c1-18-13-9-20(8-12(22)10-21)15(11-6-4-3-5-7-11)14(13)16(23)19(2)17(18)24;1-16-10(8-15)11(13(19)17(2)14(16)20)12(18)9-6-4-3-5-7-9/h3-7,9,12,21-22H,8,10H2,1-2H3;3-7H,8H2,1-2H3. The van der Waals surface area contributed by atoms with Gasteiger partial charge in [0.15, 0.2) is 5.78 Å². The number of aliphatic hydroxyl groups excluding tert-OH is 2. The molecule has 0 spiro atoms. The molecule has 0 bridgehead atoms. The van der Waals surface area contributed by atoms with Crippen LogP contribution in [0.3, 0.4) is 0 Å². The largest absolute Gasteiger partial charge is 0.394 e. The number of rotatable bonds is 7. The highest BCUT2D eigenvalue weighted by molar-refractivity contribution is 9.08. The van der Waals surface area contributed by atoms with Gasteiger partial charge >= 0.3 is 11.4 Å². The molecule has 1 unspecified atom stereocenters. The zero-order valence-electron chi connectivity index (χ0n) is 24.6. The maximum absolute atomic E-state index is 12.7. The van der Waals surface area contributed by atoms with Crippen molar-refractivity contribution < 1.29 is 15.0 Å². The number of halogens is 1. The quantitative estimate of drug-likeness (QED) is 0.196. The van der Waals surface area contributed by atoms with Gasteiger partial charge in [0.2, 0.25) is 0 Å². The molecule has 0 aliphatic rings. The van der Waals surface area contributed by atoms with Gasteiger partial charge in [-0.05, 0) is 5.56 Å². The highest BCUT2D eigenvalue weighted by atomic mass is 79.9. The zero-order valence-corrected chi connectivity index (χ0v) is 26.2. The van der Waals surface area contributed by atoms with Crippen LogP contribution in [0.15, 0.2) is 86.0 Å². The molecule has 2 N–H and O–H groups in total. The van der Waals surface area contributed by atoms with Crippen molar-refractivity contribution in [2.75, 3.05) is 6.61 Å². The van der Waals surface area contributed by atoms with Gasteiger partial charge in [-0.1, -0.05) is 76.6 Å². The summed E-state index contributed by atoms with van der Waals surface area (Å²) in [7, 11) is 5.95. The molecule has 44 heavy (non-hydrogen) atoms. The van der Waals surface area contributed by atoms with Crippen LogP contribution >= 0.6 is 15.9 Å². The summed E-state index contributed by atoms with van der Waals surface area (Å²) in [6.07, 6.45) is 0.703. The number of hydrogen-bond acceptors (Lipinski definition) is 7. The summed E-state index contributed by atoms with van der Waals surface area (Å²) in [5.41, 5.74) is 0.923. The third-order valence-electron chi connectivity index (χ3n) is 7.35. The summed E-state index contributed by atoms with van der Waals surface area (Å²) in [5, 5.41) is 19.6. The van der Waals surface area contributed by atoms with Crippen molar-refractivity contribution in [2.45, 2.75) is 18.0 Å². The molecule has 12 nitrogen and oxygen atoms in total. The Kier molecular flexibility index (Phi) is 9.82. The van der Waals surface area contributed by atoms with E-state index in [-0.39, 0.29) is 35.4 Å². The Morgan fingerprint density at radius 1 is 0.795 bits per heavy atom. The van der Waals surface area contributed by atoms with Gasteiger partial charge in [0.25, 0.3) is 11.1 Å². The molecule has 230 valence electrons. The normalized spacial score (nSPS) is 11.7. The van der Waals surface area contributed by atoms with E-state index in [1.165, 1.54) is 23.2 Å². The number of aromatic nitrogens is 5. The lowest BCUT2D eigenvalue weighted by atomic mass is 10.0. The lowest BCUT2D eigenvalue weighted by molar-refractivity contribution is 0.0817. The molecule has 0 aliphatic heterocycles. The van der Waals surface area contributed by atoms with Crippen LogP contribution in [0.5, 0.6) is 0 Å².